The van der Waals surface area contributed by atoms with Crippen molar-refractivity contribution < 1.29 is 19.1 Å². The van der Waals surface area contributed by atoms with E-state index in [2.05, 4.69) is 10.3 Å². The number of nitrogens with one attached hydrogen (secondary N) is 1. The van der Waals surface area contributed by atoms with Crippen LogP contribution < -0.4 is 10.1 Å². The third-order valence-corrected chi connectivity index (χ3v) is 5.86. The van der Waals surface area contributed by atoms with E-state index in [9.17, 15) is 9.59 Å². The second kappa shape index (κ2) is 8.74. The summed E-state index contributed by atoms with van der Waals surface area (Å²) in [6.07, 6.45) is 1.33. The SMILES string of the molecule is COc1ccc2c(c1)sc1nc(C(=O)Nc3cccc(CN(C)C(=O)OC(C)(C)C)c3)cn12. The van der Waals surface area contributed by atoms with E-state index in [1.807, 2.05) is 61.6 Å². The van der Waals surface area contributed by atoms with Gasteiger partial charge in [0, 0.05) is 25.5 Å². The zero-order chi connectivity index (χ0) is 23.8. The summed E-state index contributed by atoms with van der Waals surface area (Å²) in [5.74, 6) is 0.479. The molecule has 2 heterocycles. The number of benzene rings is 2. The largest absolute Gasteiger partial charge is 0.497 e. The molecule has 8 nitrogen and oxygen atoms in total. The van der Waals surface area contributed by atoms with E-state index < -0.39 is 11.7 Å². The highest BCUT2D eigenvalue weighted by Crippen LogP contribution is 2.29. The maximum atomic E-state index is 12.8. The molecule has 0 fully saturated rings. The number of ether oxygens (including phenoxy) is 2. The second-order valence-electron chi connectivity index (χ2n) is 8.71. The standard InChI is InChI=1S/C24H26N4O4S/c1-24(2,3)32-23(30)27(4)13-15-7-6-8-16(11-15)25-21(29)18-14-28-19-10-9-17(31-5)12-20(19)33-22(28)26-18/h6-12,14H,13H2,1-5H3,(H,25,29). The van der Waals surface area contributed by atoms with Crippen molar-refractivity contribution in [2.24, 2.45) is 0 Å². The van der Waals surface area contributed by atoms with Crippen LogP contribution in [0.3, 0.4) is 0 Å². The molecule has 0 saturated heterocycles. The fraction of sp³-hybridized carbons (Fsp3) is 0.292. The molecule has 172 valence electrons. The summed E-state index contributed by atoms with van der Waals surface area (Å²) in [5.41, 5.74) is 2.23. The Bertz CT molecular complexity index is 1340. The summed E-state index contributed by atoms with van der Waals surface area (Å²) >= 11 is 1.49. The van der Waals surface area contributed by atoms with Crippen LogP contribution >= 0.6 is 11.3 Å². The van der Waals surface area contributed by atoms with Gasteiger partial charge in [0.05, 0.1) is 17.3 Å². The Labute approximate surface area is 195 Å². The number of rotatable bonds is 5. The number of aromatic nitrogens is 2. The first-order valence-corrected chi connectivity index (χ1v) is 11.2. The number of anilines is 1. The van der Waals surface area contributed by atoms with Crippen molar-refractivity contribution in [1.82, 2.24) is 14.3 Å². The van der Waals surface area contributed by atoms with Crippen molar-refractivity contribution in [3.8, 4) is 5.75 Å². The van der Waals surface area contributed by atoms with Gasteiger partial charge in [-0.2, -0.15) is 0 Å². The smallest absolute Gasteiger partial charge is 0.410 e. The zero-order valence-corrected chi connectivity index (χ0v) is 20.0. The van der Waals surface area contributed by atoms with E-state index in [0.717, 1.165) is 26.5 Å². The Morgan fingerprint density at radius 2 is 1.97 bits per heavy atom. The quantitative estimate of drug-likeness (QED) is 0.438. The van der Waals surface area contributed by atoms with Crippen molar-refractivity contribution in [3.05, 3.63) is 59.9 Å². The summed E-state index contributed by atoms with van der Waals surface area (Å²) in [6.45, 7) is 5.84. The number of hydrogen-bond donors (Lipinski definition) is 1. The number of amides is 2. The second-order valence-corrected chi connectivity index (χ2v) is 9.71. The number of nitrogens with zero attached hydrogens (tertiary/aromatic N) is 3. The Kier molecular flexibility index (Phi) is 5.99. The van der Waals surface area contributed by atoms with Crippen LogP contribution in [0.15, 0.2) is 48.7 Å². The van der Waals surface area contributed by atoms with Gasteiger partial charge in [0.1, 0.15) is 17.0 Å². The molecule has 2 amide bonds. The summed E-state index contributed by atoms with van der Waals surface area (Å²) in [5, 5.41) is 2.89. The molecule has 0 bridgehead atoms. The Morgan fingerprint density at radius 3 is 2.70 bits per heavy atom. The number of carbonyl (C=O) groups is 2. The van der Waals surface area contributed by atoms with Crippen LogP contribution in [0, 0.1) is 0 Å². The molecular formula is C24H26N4O4S. The number of hydrogen-bond acceptors (Lipinski definition) is 6. The fourth-order valence-corrected chi connectivity index (χ4v) is 4.37. The third-order valence-electron chi connectivity index (χ3n) is 4.84. The predicted octanol–water partition coefficient (Wildman–Crippen LogP) is 5.18. The molecule has 0 unspecified atom stereocenters. The van der Waals surface area contributed by atoms with Crippen LogP contribution in [0.25, 0.3) is 15.2 Å². The Hall–Kier alpha value is -3.59. The summed E-state index contributed by atoms with van der Waals surface area (Å²) < 4.78 is 13.6. The molecule has 4 rings (SSSR count). The van der Waals surface area contributed by atoms with Crippen LogP contribution in [0.2, 0.25) is 0 Å². The lowest BCUT2D eigenvalue weighted by Crippen LogP contribution is -2.33. The van der Waals surface area contributed by atoms with E-state index in [0.29, 0.717) is 17.9 Å². The van der Waals surface area contributed by atoms with Crippen molar-refractivity contribution in [1.29, 1.82) is 0 Å². The minimum atomic E-state index is -0.559. The first-order valence-electron chi connectivity index (χ1n) is 10.4. The van der Waals surface area contributed by atoms with Crippen LogP contribution in [-0.4, -0.2) is 46.0 Å². The monoisotopic (exact) mass is 466 g/mol. The molecule has 1 N–H and O–H groups in total. The van der Waals surface area contributed by atoms with Crippen LogP contribution in [0.1, 0.15) is 36.8 Å². The molecule has 0 radical (unpaired) electrons. The van der Waals surface area contributed by atoms with Crippen LogP contribution in [0.4, 0.5) is 10.5 Å². The summed E-state index contributed by atoms with van der Waals surface area (Å²) in [4.78, 5) is 31.8. The van der Waals surface area contributed by atoms with Gasteiger partial charge in [-0.3, -0.25) is 9.20 Å². The molecule has 9 heteroatoms. The highest BCUT2D eigenvalue weighted by atomic mass is 32.1. The molecule has 2 aromatic heterocycles. The van der Waals surface area contributed by atoms with Crippen LogP contribution in [-0.2, 0) is 11.3 Å². The van der Waals surface area contributed by atoms with Gasteiger partial charge < -0.3 is 19.7 Å². The normalized spacial score (nSPS) is 11.5. The average Bonchev–Trinajstić information content (AvgIpc) is 3.30. The van der Waals surface area contributed by atoms with Crippen molar-refractivity contribution in [3.63, 3.8) is 0 Å². The van der Waals surface area contributed by atoms with E-state index in [1.54, 1.807) is 26.4 Å². The topological polar surface area (TPSA) is 85.2 Å². The highest BCUT2D eigenvalue weighted by Gasteiger charge is 2.20. The lowest BCUT2D eigenvalue weighted by Gasteiger charge is -2.24. The number of carbonyl (C=O) groups excluding carboxylic acids is 2. The molecule has 0 aliphatic rings. The summed E-state index contributed by atoms with van der Waals surface area (Å²) in [7, 11) is 3.31. The van der Waals surface area contributed by atoms with E-state index >= 15 is 0 Å². The zero-order valence-electron chi connectivity index (χ0n) is 19.2. The van der Waals surface area contributed by atoms with E-state index in [-0.39, 0.29) is 5.91 Å². The molecule has 0 saturated carbocycles. The first-order chi connectivity index (χ1) is 15.6. The van der Waals surface area contributed by atoms with E-state index in [1.165, 1.54) is 16.2 Å². The number of fused-ring (bicyclic) bond motifs is 3. The van der Waals surface area contributed by atoms with Crippen molar-refractivity contribution in [2.45, 2.75) is 32.9 Å². The Balaban J connectivity index is 1.47. The number of imidazole rings is 1. The van der Waals surface area contributed by atoms with Crippen molar-refractivity contribution in [2.75, 3.05) is 19.5 Å². The fourth-order valence-electron chi connectivity index (χ4n) is 3.34. The van der Waals surface area contributed by atoms with Crippen LogP contribution in [0.5, 0.6) is 5.75 Å². The van der Waals surface area contributed by atoms with Gasteiger partial charge in [0.2, 0.25) is 0 Å². The maximum absolute atomic E-state index is 12.8. The molecule has 0 aliphatic carbocycles. The highest BCUT2D eigenvalue weighted by molar-refractivity contribution is 7.23. The minimum Gasteiger partial charge on any atom is -0.497 e. The predicted molar refractivity (Wildman–Crippen MR) is 129 cm³/mol. The molecule has 0 spiro atoms. The lowest BCUT2D eigenvalue weighted by atomic mass is 10.2. The number of thiazole rings is 1. The van der Waals surface area contributed by atoms with Crippen molar-refractivity contribution >= 4 is 44.2 Å². The van der Waals surface area contributed by atoms with Gasteiger partial charge in [-0.1, -0.05) is 23.5 Å². The Morgan fingerprint density at radius 1 is 1.18 bits per heavy atom. The molecule has 4 aromatic rings. The average molecular weight is 467 g/mol. The van der Waals surface area contributed by atoms with Gasteiger partial charge in [0.15, 0.2) is 4.96 Å². The van der Waals surface area contributed by atoms with Gasteiger partial charge in [-0.15, -0.1) is 0 Å². The maximum Gasteiger partial charge on any atom is 0.410 e. The van der Waals surface area contributed by atoms with Gasteiger partial charge >= 0.3 is 6.09 Å². The number of methoxy groups -OCH3 is 1. The molecular weight excluding hydrogens is 440 g/mol. The molecule has 2 aromatic carbocycles. The van der Waals surface area contributed by atoms with Gasteiger partial charge in [-0.05, 0) is 56.7 Å². The molecule has 0 aliphatic heterocycles. The third kappa shape index (κ3) is 5.09. The van der Waals surface area contributed by atoms with Gasteiger partial charge in [0.25, 0.3) is 5.91 Å². The minimum absolute atomic E-state index is 0.301. The van der Waals surface area contributed by atoms with E-state index in [4.69, 9.17) is 9.47 Å². The lowest BCUT2D eigenvalue weighted by molar-refractivity contribution is 0.0285. The van der Waals surface area contributed by atoms with Gasteiger partial charge in [-0.25, -0.2) is 9.78 Å². The molecule has 0 atom stereocenters. The summed E-state index contributed by atoms with van der Waals surface area (Å²) in [6, 6.07) is 13.1. The first kappa shape index (κ1) is 22.6. The molecule has 33 heavy (non-hydrogen) atoms.